The van der Waals surface area contributed by atoms with Gasteiger partial charge in [0.2, 0.25) is 0 Å². The van der Waals surface area contributed by atoms with Crippen LogP contribution in [0.3, 0.4) is 0 Å². The van der Waals surface area contributed by atoms with Crippen molar-refractivity contribution in [2.24, 2.45) is 0 Å². The maximum absolute atomic E-state index is 13.1. The van der Waals surface area contributed by atoms with E-state index < -0.39 is 29.6 Å². The average Bonchev–Trinajstić information content (AvgIpc) is 2.62. The maximum Gasteiger partial charge on any atom is 0.418 e. The van der Waals surface area contributed by atoms with Crippen LogP contribution < -0.4 is 10.6 Å². The molecular formula is C18H17ClF3N3O2. The van der Waals surface area contributed by atoms with E-state index in [2.05, 4.69) is 15.6 Å². The van der Waals surface area contributed by atoms with Gasteiger partial charge >= 0.3 is 12.2 Å². The average molecular weight is 400 g/mol. The van der Waals surface area contributed by atoms with Crippen LogP contribution in [0.4, 0.5) is 23.7 Å². The normalized spacial score (nSPS) is 20.1. The zero-order chi connectivity index (χ0) is 19.4. The zero-order valence-electron chi connectivity index (χ0n) is 14.1. The van der Waals surface area contributed by atoms with Gasteiger partial charge in [0.15, 0.2) is 0 Å². The van der Waals surface area contributed by atoms with Crippen LogP contribution >= 0.6 is 11.6 Å². The summed E-state index contributed by atoms with van der Waals surface area (Å²) in [6, 6.07) is 5.46. The summed E-state index contributed by atoms with van der Waals surface area (Å²) in [7, 11) is 0. The minimum absolute atomic E-state index is 0.0916. The van der Waals surface area contributed by atoms with Crippen molar-refractivity contribution in [2.75, 3.05) is 11.9 Å². The summed E-state index contributed by atoms with van der Waals surface area (Å²) in [5, 5.41) is 5.05. The molecule has 2 N–H and O–H groups in total. The quantitative estimate of drug-likeness (QED) is 0.779. The fraction of sp³-hybridized carbons (Fsp3) is 0.333. The summed E-state index contributed by atoms with van der Waals surface area (Å²) in [5.41, 5.74) is -0.522. The van der Waals surface area contributed by atoms with Crippen molar-refractivity contribution in [1.82, 2.24) is 10.3 Å². The number of alkyl halides is 3. The lowest BCUT2D eigenvalue weighted by molar-refractivity contribution is -0.136. The van der Waals surface area contributed by atoms with Gasteiger partial charge in [-0.3, -0.25) is 4.98 Å². The number of nitrogens with zero attached hydrogens (tertiary/aromatic N) is 1. The number of ether oxygens (including phenoxy) is 1. The highest BCUT2D eigenvalue weighted by molar-refractivity contribution is 6.31. The van der Waals surface area contributed by atoms with Gasteiger partial charge in [-0.15, -0.1) is 0 Å². The predicted molar refractivity (Wildman–Crippen MR) is 94.6 cm³/mol. The number of urea groups is 1. The fourth-order valence-electron chi connectivity index (χ4n) is 3.00. The summed E-state index contributed by atoms with van der Waals surface area (Å²) in [6.07, 6.45) is -0.396. The Balaban J connectivity index is 1.74. The molecule has 1 aromatic carbocycles. The van der Waals surface area contributed by atoms with Crippen molar-refractivity contribution in [3.63, 3.8) is 0 Å². The van der Waals surface area contributed by atoms with Gasteiger partial charge in [0, 0.05) is 24.0 Å². The molecule has 2 amide bonds. The second-order valence-electron chi connectivity index (χ2n) is 6.11. The van der Waals surface area contributed by atoms with Crippen LogP contribution in [0.15, 0.2) is 42.7 Å². The van der Waals surface area contributed by atoms with Gasteiger partial charge in [-0.25, -0.2) is 4.79 Å². The standard InChI is InChI=1S/C18H17ClF3N3O2/c19-12-3-4-13(18(20,21)22)15(10-12)25-17(26)24-14-2-1-9-27-16(14)11-5-7-23-8-6-11/h3-8,10,14,16H,1-2,9H2,(H2,24,25,26)/t14-,16+/m0/s1. The van der Waals surface area contributed by atoms with E-state index in [1.165, 1.54) is 0 Å². The van der Waals surface area contributed by atoms with E-state index in [1.807, 2.05) is 0 Å². The number of amides is 2. The van der Waals surface area contributed by atoms with Gasteiger partial charge < -0.3 is 15.4 Å². The highest BCUT2D eigenvalue weighted by Gasteiger charge is 2.34. The number of rotatable bonds is 3. The lowest BCUT2D eigenvalue weighted by Gasteiger charge is -2.32. The molecule has 0 radical (unpaired) electrons. The largest absolute Gasteiger partial charge is 0.418 e. The Labute approximate surface area is 158 Å². The topological polar surface area (TPSA) is 63.2 Å². The maximum atomic E-state index is 13.1. The number of halogens is 4. The SMILES string of the molecule is O=C(Nc1cc(Cl)ccc1C(F)(F)F)N[C@H]1CCCO[C@@H]1c1ccncc1. The van der Waals surface area contributed by atoms with E-state index in [4.69, 9.17) is 16.3 Å². The summed E-state index contributed by atoms with van der Waals surface area (Å²) in [4.78, 5) is 16.3. The molecule has 0 saturated carbocycles. The van der Waals surface area contributed by atoms with E-state index in [9.17, 15) is 18.0 Å². The first-order chi connectivity index (χ1) is 12.8. The highest BCUT2D eigenvalue weighted by atomic mass is 35.5. The molecule has 144 valence electrons. The van der Waals surface area contributed by atoms with E-state index in [-0.39, 0.29) is 11.1 Å². The van der Waals surface area contributed by atoms with E-state index in [0.717, 1.165) is 30.2 Å². The van der Waals surface area contributed by atoms with Gasteiger partial charge in [0.25, 0.3) is 0 Å². The molecule has 0 spiro atoms. The van der Waals surface area contributed by atoms with Gasteiger partial charge in [-0.2, -0.15) is 13.2 Å². The second-order valence-corrected chi connectivity index (χ2v) is 6.54. The van der Waals surface area contributed by atoms with Crippen molar-refractivity contribution in [3.05, 3.63) is 58.9 Å². The molecule has 9 heteroatoms. The number of carbonyl (C=O) groups is 1. The predicted octanol–water partition coefficient (Wildman–Crippen LogP) is 4.80. The molecule has 27 heavy (non-hydrogen) atoms. The number of hydrogen-bond donors (Lipinski definition) is 2. The van der Waals surface area contributed by atoms with Crippen LogP contribution in [0.5, 0.6) is 0 Å². The van der Waals surface area contributed by atoms with Crippen LogP contribution in [0.1, 0.15) is 30.1 Å². The molecule has 1 saturated heterocycles. The summed E-state index contributed by atoms with van der Waals surface area (Å²) in [6.45, 7) is 0.541. The van der Waals surface area contributed by atoms with Gasteiger partial charge in [-0.05, 0) is 48.7 Å². The van der Waals surface area contributed by atoms with E-state index in [1.54, 1.807) is 24.5 Å². The minimum Gasteiger partial charge on any atom is -0.371 e. The van der Waals surface area contributed by atoms with Crippen LogP contribution in [-0.4, -0.2) is 23.7 Å². The Morgan fingerprint density at radius 3 is 2.67 bits per heavy atom. The third-order valence-electron chi connectivity index (χ3n) is 4.21. The molecule has 5 nitrogen and oxygen atoms in total. The van der Waals surface area contributed by atoms with Crippen molar-refractivity contribution in [2.45, 2.75) is 31.2 Å². The number of aromatic nitrogens is 1. The molecule has 2 heterocycles. The van der Waals surface area contributed by atoms with Crippen LogP contribution in [0, 0.1) is 0 Å². The molecule has 0 bridgehead atoms. The minimum atomic E-state index is -4.61. The molecule has 1 fully saturated rings. The Morgan fingerprint density at radius 1 is 1.22 bits per heavy atom. The number of pyridine rings is 1. The van der Waals surface area contributed by atoms with Crippen LogP contribution in [-0.2, 0) is 10.9 Å². The monoisotopic (exact) mass is 399 g/mol. The number of anilines is 1. The van der Waals surface area contributed by atoms with Crippen molar-refractivity contribution in [3.8, 4) is 0 Å². The second kappa shape index (κ2) is 8.14. The van der Waals surface area contributed by atoms with Crippen molar-refractivity contribution < 1.29 is 22.7 Å². The van der Waals surface area contributed by atoms with Crippen LogP contribution in [0.2, 0.25) is 5.02 Å². The Morgan fingerprint density at radius 2 is 1.96 bits per heavy atom. The molecule has 1 aliphatic rings. The van der Waals surface area contributed by atoms with E-state index in [0.29, 0.717) is 13.0 Å². The first-order valence-electron chi connectivity index (χ1n) is 8.30. The zero-order valence-corrected chi connectivity index (χ0v) is 14.8. The van der Waals surface area contributed by atoms with Crippen molar-refractivity contribution in [1.29, 1.82) is 0 Å². The Hall–Kier alpha value is -2.32. The molecular weight excluding hydrogens is 383 g/mol. The third kappa shape index (κ3) is 4.90. The number of benzene rings is 1. The molecule has 0 aliphatic carbocycles. The first-order valence-corrected chi connectivity index (χ1v) is 8.68. The number of nitrogens with one attached hydrogen (secondary N) is 2. The number of carbonyl (C=O) groups excluding carboxylic acids is 1. The molecule has 1 aromatic heterocycles. The lowest BCUT2D eigenvalue weighted by atomic mass is 9.97. The third-order valence-corrected chi connectivity index (χ3v) is 4.44. The first kappa shape index (κ1) is 19.4. The molecule has 3 rings (SSSR count). The van der Waals surface area contributed by atoms with Gasteiger partial charge in [-0.1, -0.05) is 11.6 Å². The smallest absolute Gasteiger partial charge is 0.371 e. The van der Waals surface area contributed by atoms with Gasteiger partial charge in [0.05, 0.1) is 17.3 Å². The molecule has 2 atom stereocenters. The molecule has 2 aromatic rings. The van der Waals surface area contributed by atoms with E-state index >= 15 is 0 Å². The summed E-state index contributed by atoms with van der Waals surface area (Å²) in [5.74, 6) is 0. The Kier molecular flexibility index (Phi) is 5.86. The lowest BCUT2D eigenvalue weighted by Crippen LogP contribution is -2.44. The van der Waals surface area contributed by atoms with Crippen molar-refractivity contribution >= 4 is 23.3 Å². The van der Waals surface area contributed by atoms with Crippen LogP contribution in [0.25, 0.3) is 0 Å². The summed E-state index contributed by atoms with van der Waals surface area (Å²) >= 11 is 5.78. The van der Waals surface area contributed by atoms with Gasteiger partial charge in [0.1, 0.15) is 6.10 Å². The number of hydrogen-bond acceptors (Lipinski definition) is 3. The molecule has 1 aliphatic heterocycles. The highest BCUT2D eigenvalue weighted by Crippen LogP contribution is 2.36. The fourth-order valence-corrected chi connectivity index (χ4v) is 3.18. The molecule has 0 unspecified atom stereocenters. The Bertz CT molecular complexity index is 802. The summed E-state index contributed by atoms with van der Waals surface area (Å²) < 4.78 is 45.1.